The molecule has 3 nitrogen and oxygen atoms in total. The lowest BCUT2D eigenvalue weighted by Gasteiger charge is -2.18. The quantitative estimate of drug-likeness (QED) is 0.798. The summed E-state index contributed by atoms with van der Waals surface area (Å²) in [6.07, 6.45) is 2.02. The predicted molar refractivity (Wildman–Crippen MR) is 75.9 cm³/mol. The second kappa shape index (κ2) is 4.94. The molecule has 18 heavy (non-hydrogen) atoms. The molecule has 0 aromatic heterocycles. The number of ether oxygens (including phenoxy) is 1. The molecule has 0 unspecified atom stereocenters. The van der Waals surface area contributed by atoms with Crippen LogP contribution in [-0.4, -0.2) is 29.4 Å². The molecular weight excluding hydrogens is 270 g/mol. The Morgan fingerprint density at radius 1 is 1.44 bits per heavy atom. The summed E-state index contributed by atoms with van der Waals surface area (Å²) in [5, 5.41) is 0.497. The van der Waals surface area contributed by atoms with E-state index in [0.29, 0.717) is 22.0 Å². The van der Waals surface area contributed by atoms with Crippen LogP contribution in [0.25, 0.3) is 0 Å². The normalized spacial score (nSPS) is 16.9. The van der Waals surface area contributed by atoms with E-state index in [1.807, 2.05) is 20.1 Å². The van der Waals surface area contributed by atoms with Gasteiger partial charge in [-0.2, -0.15) is 11.8 Å². The molecule has 0 radical (unpaired) electrons. The van der Waals surface area contributed by atoms with Gasteiger partial charge in [0.2, 0.25) is 5.90 Å². The maximum atomic E-state index is 11.7. The Bertz CT molecular complexity index is 526. The monoisotopic (exact) mass is 283 g/mol. The summed E-state index contributed by atoms with van der Waals surface area (Å²) in [6, 6.07) is 5.17. The number of cyclic esters (lactones) is 1. The van der Waals surface area contributed by atoms with E-state index < -0.39 is 0 Å². The van der Waals surface area contributed by atoms with Crippen molar-refractivity contribution in [3.05, 3.63) is 34.3 Å². The number of rotatable bonds is 3. The van der Waals surface area contributed by atoms with E-state index in [1.54, 1.807) is 30.0 Å². The van der Waals surface area contributed by atoms with Crippen molar-refractivity contribution in [3.63, 3.8) is 0 Å². The molecule has 0 saturated heterocycles. The van der Waals surface area contributed by atoms with Gasteiger partial charge >= 0.3 is 5.97 Å². The Labute approximate surface area is 116 Å². The lowest BCUT2D eigenvalue weighted by Crippen LogP contribution is -2.23. The zero-order valence-electron chi connectivity index (χ0n) is 10.5. The van der Waals surface area contributed by atoms with Crippen molar-refractivity contribution in [2.24, 2.45) is 4.99 Å². The number of esters is 1. The van der Waals surface area contributed by atoms with E-state index in [2.05, 4.69) is 4.99 Å². The van der Waals surface area contributed by atoms with Crippen LogP contribution < -0.4 is 0 Å². The summed E-state index contributed by atoms with van der Waals surface area (Å²) in [5.74, 6) is 0.791. The van der Waals surface area contributed by atoms with Crippen LogP contribution in [0.2, 0.25) is 5.02 Å². The highest BCUT2D eigenvalue weighted by Gasteiger charge is 2.32. The number of carbonyl (C=O) groups is 1. The molecule has 0 N–H and O–H groups in total. The Balaban J connectivity index is 2.46. The highest BCUT2D eigenvalue weighted by atomic mass is 35.5. The number of halogens is 1. The van der Waals surface area contributed by atoms with Crippen LogP contribution in [0.5, 0.6) is 0 Å². The molecule has 2 rings (SSSR count). The number of benzene rings is 1. The summed E-state index contributed by atoms with van der Waals surface area (Å²) in [6.45, 7) is 4.00. The summed E-state index contributed by atoms with van der Waals surface area (Å²) in [7, 11) is 0. The third-order valence-corrected chi connectivity index (χ3v) is 3.85. The van der Waals surface area contributed by atoms with Crippen molar-refractivity contribution >= 4 is 35.2 Å². The fraction of sp³-hybridized carbons (Fsp3) is 0.385. The van der Waals surface area contributed by atoms with Gasteiger partial charge < -0.3 is 4.74 Å². The summed E-state index contributed by atoms with van der Waals surface area (Å²) in [5.41, 5.74) is 0.801. The molecule has 96 valence electrons. The van der Waals surface area contributed by atoms with Crippen molar-refractivity contribution in [2.75, 3.05) is 12.0 Å². The fourth-order valence-electron chi connectivity index (χ4n) is 1.84. The summed E-state index contributed by atoms with van der Waals surface area (Å²) >= 11 is 7.82. The van der Waals surface area contributed by atoms with Crippen molar-refractivity contribution in [1.29, 1.82) is 0 Å². The molecule has 1 aliphatic heterocycles. The second-order valence-electron chi connectivity index (χ2n) is 4.71. The van der Waals surface area contributed by atoms with Crippen LogP contribution in [0.3, 0.4) is 0 Å². The minimum atomic E-state index is -0.383. The number of fused-ring (bicyclic) bond motifs is 1. The van der Waals surface area contributed by atoms with Gasteiger partial charge in [-0.3, -0.25) is 0 Å². The van der Waals surface area contributed by atoms with Gasteiger partial charge in [0.1, 0.15) is 0 Å². The second-order valence-corrected chi connectivity index (χ2v) is 5.99. The van der Waals surface area contributed by atoms with Crippen LogP contribution in [0.4, 0.5) is 0 Å². The van der Waals surface area contributed by atoms with Gasteiger partial charge in [-0.15, -0.1) is 0 Å². The van der Waals surface area contributed by atoms with Crippen LogP contribution in [-0.2, 0) is 4.74 Å². The lowest BCUT2D eigenvalue weighted by atomic mass is 10.1. The zero-order valence-corrected chi connectivity index (χ0v) is 12.1. The van der Waals surface area contributed by atoms with E-state index in [9.17, 15) is 4.79 Å². The van der Waals surface area contributed by atoms with Gasteiger partial charge in [0.15, 0.2) is 0 Å². The van der Waals surface area contributed by atoms with Crippen molar-refractivity contribution in [2.45, 2.75) is 19.4 Å². The fourth-order valence-corrected chi connectivity index (χ4v) is 2.87. The lowest BCUT2D eigenvalue weighted by molar-refractivity contribution is 0.0736. The molecular formula is C13H14ClNO2S. The molecule has 0 bridgehead atoms. The Kier molecular flexibility index (Phi) is 3.69. The molecule has 5 heteroatoms. The largest absolute Gasteiger partial charge is 0.403 e. The average Bonchev–Trinajstić information content (AvgIpc) is 2.56. The van der Waals surface area contributed by atoms with E-state index in [4.69, 9.17) is 16.3 Å². The maximum Gasteiger partial charge on any atom is 0.345 e. The SMILES string of the molecule is CSCC(C)(C)/N=C1\OC(=O)c2cccc(Cl)c21. The number of carbonyl (C=O) groups excluding carboxylic acids is 1. The van der Waals surface area contributed by atoms with E-state index in [-0.39, 0.29) is 11.5 Å². The van der Waals surface area contributed by atoms with Crippen molar-refractivity contribution < 1.29 is 9.53 Å². The molecule has 1 heterocycles. The van der Waals surface area contributed by atoms with Crippen LogP contribution in [0, 0.1) is 0 Å². The topological polar surface area (TPSA) is 38.7 Å². The average molecular weight is 284 g/mol. The van der Waals surface area contributed by atoms with E-state index in [1.165, 1.54) is 0 Å². The zero-order chi connectivity index (χ0) is 13.3. The van der Waals surface area contributed by atoms with Crippen LogP contribution >= 0.6 is 23.4 Å². The van der Waals surface area contributed by atoms with Gasteiger partial charge in [-0.05, 0) is 32.2 Å². The molecule has 1 aromatic carbocycles. The first-order valence-electron chi connectivity index (χ1n) is 5.54. The van der Waals surface area contributed by atoms with Crippen molar-refractivity contribution in [3.8, 4) is 0 Å². The van der Waals surface area contributed by atoms with Crippen LogP contribution in [0.1, 0.15) is 29.8 Å². The van der Waals surface area contributed by atoms with Gasteiger partial charge in [0.05, 0.1) is 21.7 Å². The first kappa shape index (κ1) is 13.4. The van der Waals surface area contributed by atoms with Gasteiger partial charge in [0.25, 0.3) is 0 Å². The molecule has 0 spiro atoms. The number of hydrogen-bond acceptors (Lipinski definition) is 4. The molecule has 0 aliphatic carbocycles. The first-order valence-corrected chi connectivity index (χ1v) is 7.31. The Hall–Kier alpha value is -1.00. The smallest absolute Gasteiger partial charge is 0.345 e. The highest BCUT2D eigenvalue weighted by Crippen LogP contribution is 2.29. The Morgan fingerprint density at radius 2 is 2.17 bits per heavy atom. The van der Waals surface area contributed by atoms with Gasteiger partial charge in [-0.25, -0.2) is 9.79 Å². The maximum absolute atomic E-state index is 11.7. The molecule has 1 aromatic rings. The molecule has 0 amide bonds. The molecule has 1 aliphatic rings. The first-order chi connectivity index (χ1) is 8.44. The molecule has 0 fully saturated rings. The standard InChI is InChI=1S/C13H14ClNO2S/c1-13(2,7-18-3)15-11-10-8(12(16)17-11)5-4-6-9(10)14/h4-6H,7H2,1-3H3/b15-11-. The number of aliphatic imine (C=N–C) groups is 1. The van der Waals surface area contributed by atoms with E-state index in [0.717, 1.165) is 5.75 Å². The number of thioether (sulfide) groups is 1. The number of hydrogen-bond donors (Lipinski definition) is 0. The minimum Gasteiger partial charge on any atom is -0.403 e. The molecule has 0 atom stereocenters. The van der Waals surface area contributed by atoms with E-state index >= 15 is 0 Å². The van der Waals surface area contributed by atoms with Gasteiger partial charge in [-0.1, -0.05) is 17.7 Å². The third kappa shape index (κ3) is 2.54. The van der Waals surface area contributed by atoms with Crippen LogP contribution in [0.15, 0.2) is 23.2 Å². The minimum absolute atomic E-state index is 0.296. The Morgan fingerprint density at radius 3 is 2.83 bits per heavy atom. The predicted octanol–water partition coefficient (Wildman–Crippen LogP) is 3.40. The van der Waals surface area contributed by atoms with Gasteiger partial charge in [0, 0.05) is 5.75 Å². The highest BCUT2D eigenvalue weighted by molar-refractivity contribution is 7.98. The molecule has 0 saturated carbocycles. The number of nitrogens with zero attached hydrogens (tertiary/aromatic N) is 1. The summed E-state index contributed by atoms with van der Waals surface area (Å²) in [4.78, 5) is 16.2. The third-order valence-electron chi connectivity index (χ3n) is 2.54. The van der Waals surface area contributed by atoms with Crippen molar-refractivity contribution in [1.82, 2.24) is 0 Å². The summed E-state index contributed by atoms with van der Waals surface area (Å²) < 4.78 is 5.21.